The summed E-state index contributed by atoms with van der Waals surface area (Å²) in [7, 11) is 2.14. The van der Waals surface area contributed by atoms with Crippen molar-refractivity contribution < 1.29 is 4.74 Å². The van der Waals surface area contributed by atoms with Gasteiger partial charge in [-0.2, -0.15) is 0 Å². The Hall–Kier alpha value is -6.53. The Kier molecular flexibility index (Phi) is 6.92. The summed E-state index contributed by atoms with van der Waals surface area (Å²) >= 11 is 0. The second kappa shape index (κ2) is 11.8. The van der Waals surface area contributed by atoms with Crippen molar-refractivity contribution in [2.24, 2.45) is 0 Å². The average molecular weight is 690 g/mol. The van der Waals surface area contributed by atoms with Gasteiger partial charge in [0.25, 0.3) is 0 Å². The molecule has 6 nitrogen and oxygen atoms in total. The Balaban J connectivity index is 1.13. The number of pyridine rings is 1. The van der Waals surface area contributed by atoms with Crippen molar-refractivity contribution in [2.75, 3.05) is 23.5 Å². The van der Waals surface area contributed by atoms with Gasteiger partial charge in [-0.05, 0) is 71.6 Å². The van der Waals surface area contributed by atoms with E-state index < -0.39 is 0 Å². The van der Waals surface area contributed by atoms with Crippen LogP contribution in [0.15, 0.2) is 152 Å². The monoisotopic (exact) mass is 689 g/mol. The molecule has 1 aliphatic heterocycles. The van der Waals surface area contributed by atoms with E-state index in [2.05, 4.69) is 192 Å². The van der Waals surface area contributed by atoms with E-state index in [1.54, 1.807) is 0 Å². The van der Waals surface area contributed by atoms with E-state index in [1.165, 1.54) is 27.7 Å². The van der Waals surface area contributed by atoms with Gasteiger partial charge < -0.3 is 19.1 Å². The van der Waals surface area contributed by atoms with Crippen LogP contribution in [0.2, 0.25) is 0 Å². The fourth-order valence-corrected chi connectivity index (χ4v) is 8.06. The third kappa shape index (κ3) is 5.05. The highest BCUT2D eigenvalue weighted by atomic mass is 16.5. The quantitative estimate of drug-likeness (QED) is 0.180. The fourth-order valence-electron chi connectivity index (χ4n) is 8.06. The first-order valence-electron chi connectivity index (χ1n) is 18.2. The van der Waals surface area contributed by atoms with Crippen LogP contribution < -0.4 is 14.5 Å². The Morgan fingerprint density at radius 3 is 1.94 bits per heavy atom. The van der Waals surface area contributed by atoms with Crippen molar-refractivity contribution in [1.82, 2.24) is 14.1 Å². The number of anilines is 3. The number of hydrogen-bond acceptors (Lipinski definition) is 4. The molecule has 1 aliphatic rings. The van der Waals surface area contributed by atoms with Crippen LogP contribution in [0.4, 0.5) is 17.1 Å². The van der Waals surface area contributed by atoms with Gasteiger partial charge in [-0.25, -0.2) is 4.98 Å². The molecule has 0 spiro atoms. The molecule has 9 aromatic rings. The number of aromatic nitrogens is 3. The smallest absolute Gasteiger partial charge is 0.139 e. The van der Waals surface area contributed by atoms with Crippen molar-refractivity contribution in [3.8, 4) is 23.0 Å². The molecule has 3 aromatic heterocycles. The summed E-state index contributed by atoms with van der Waals surface area (Å²) in [5.41, 5.74) is 10.2. The molecule has 0 amide bonds. The average Bonchev–Trinajstić information content (AvgIpc) is 3.81. The van der Waals surface area contributed by atoms with E-state index in [9.17, 15) is 0 Å². The molecule has 10 rings (SSSR count). The Morgan fingerprint density at radius 1 is 0.528 bits per heavy atom. The minimum atomic E-state index is -0.0673. The zero-order chi connectivity index (χ0) is 35.8. The molecule has 0 N–H and O–H groups in total. The molecule has 0 unspecified atom stereocenters. The molecule has 0 fully saturated rings. The summed E-state index contributed by atoms with van der Waals surface area (Å²) in [6, 6.07) is 51.6. The van der Waals surface area contributed by atoms with Crippen LogP contribution in [0.3, 0.4) is 0 Å². The number of para-hydroxylation sites is 5. The maximum absolute atomic E-state index is 6.83. The fraction of sp³-hybridized carbons (Fsp3) is 0.128. The largest absolute Gasteiger partial charge is 0.457 e. The first kappa shape index (κ1) is 31.2. The second-order valence-corrected chi connectivity index (χ2v) is 15.1. The van der Waals surface area contributed by atoms with Gasteiger partial charge in [0.15, 0.2) is 0 Å². The van der Waals surface area contributed by atoms with E-state index >= 15 is 0 Å². The van der Waals surface area contributed by atoms with Crippen LogP contribution in [0.5, 0.6) is 11.5 Å². The highest BCUT2D eigenvalue weighted by Crippen LogP contribution is 2.43. The standard InChI is InChI=1S/C47H39N5O/c1-47(2,3)31-24-33(50-30-49(4)42-20-12-13-21-43(42)50)26-35(25-31)53-34-22-23-38-36-16-8-11-19-41(36)52(44(38)27-34)46-28-45-39(29-48-46)37-17-9-10-18-40(37)51(45)32-14-6-5-7-15-32/h5-29H,30H2,1-4H3. The van der Waals surface area contributed by atoms with E-state index in [4.69, 9.17) is 9.72 Å². The summed E-state index contributed by atoms with van der Waals surface area (Å²) < 4.78 is 11.5. The van der Waals surface area contributed by atoms with E-state index in [1.807, 2.05) is 6.20 Å². The predicted molar refractivity (Wildman–Crippen MR) is 220 cm³/mol. The van der Waals surface area contributed by atoms with Gasteiger partial charge in [0.1, 0.15) is 17.3 Å². The maximum Gasteiger partial charge on any atom is 0.139 e. The lowest BCUT2D eigenvalue weighted by atomic mass is 9.86. The number of fused-ring (bicyclic) bond motifs is 7. The number of benzene rings is 6. The lowest BCUT2D eigenvalue weighted by Crippen LogP contribution is -2.24. The number of nitrogens with zero attached hydrogens (tertiary/aromatic N) is 5. The summed E-state index contributed by atoms with van der Waals surface area (Å²) in [4.78, 5) is 9.80. The summed E-state index contributed by atoms with van der Waals surface area (Å²) in [6.07, 6.45) is 2.03. The molecule has 6 heteroatoms. The van der Waals surface area contributed by atoms with Crippen molar-refractivity contribution in [3.63, 3.8) is 0 Å². The molecule has 0 aliphatic carbocycles. The molecule has 0 radical (unpaired) electrons. The topological polar surface area (TPSA) is 38.5 Å². The van der Waals surface area contributed by atoms with Crippen molar-refractivity contribution in [1.29, 1.82) is 0 Å². The van der Waals surface area contributed by atoms with Crippen LogP contribution in [-0.2, 0) is 5.41 Å². The lowest BCUT2D eigenvalue weighted by Gasteiger charge is -2.25. The zero-order valence-electron chi connectivity index (χ0n) is 30.3. The molecule has 6 aromatic carbocycles. The van der Waals surface area contributed by atoms with Gasteiger partial charge in [0.2, 0.25) is 0 Å². The molecule has 53 heavy (non-hydrogen) atoms. The third-order valence-corrected chi connectivity index (χ3v) is 10.7. The van der Waals surface area contributed by atoms with Crippen molar-refractivity contribution in [3.05, 3.63) is 157 Å². The highest BCUT2D eigenvalue weighted by Gasteiger charge is 2.26. The molecule has 0 bridgehead atoms. The molecule has 258 valence electrons. The van der Waals surface area contributed by atoms with Crippen LogP contribution >= 0.6 is 0 Å². The number of rotatable bonds is 5. The Morgan fingerprint density at radius 2 is 1.17 bits per heavy atom. The van der Waals surface area contributed by atoms with Crippen molar-refractivity contribution >= 4 is 60.7 Å². The van der Waals surface area contributed by atoms with Crippen LogP contribution in [0, 0.1) is 0 Å². The predicted octanol–water partition coefficient (Wildman–Crippen LogP) is 11.9. The summed E-state index contributed by atoms with van der Waals surface area (Å²) in [5.74, 6) is 2.44. The molecular formula is C47H39N5O. The van der Waals surface area contributed by atoms with E-state index in [0.29, 0.717) is 0 Å². The van der Waals surface area contributed by atoms with Gasteiger partial charge in [0, 0.05) is 64.4 Å². The third-order valence-electron chi connectivity index (χ3n) is 10.7. The summed E-state index contributed by atoms with van der Waals surface area (Å²) in [5, 5.41) is 4.64. The minimum Gasteiger partial charge on any atom is -0.457 e. The van der Waals surface area contributed by atoms with Crippen LogP contribution in [-0.4, -0.2) is 27.8 Å². The molecule has 4 heterocycles. The number of ether oxygens (including phenoxy) is 1. The minimum absolute atomic E-state index is 0.0673. The lowest BCUT2D eigenvalue weighted by molar-refractivity contribution is 0.479. The maximum atomic E-state index is 6.83. The highest BCUT2D eigenvalue weighted by molar-refractivity contribution is 6.11. The van der Waals surface area contributed by atoms with Gasteiger partial charge in [-0.15, -0.1) is 0 Å². The Bertz CT molecular complexity index is 2860. The first-order valence-corrected chi connectivity index (χ1v) is 18.2. The Labute approximate surface area is 308 Å². The molecule has 0 saturated heterocycles. The molecule has 0 saturated carbocycles. The van der Waals surface area contributed by atoms with E-state index in [-0.39, 0.29) is 5.41 Å². The van der Waals surface area contributed by atoms with Gasteiger partial charge in [-0.1, -0.05) is 87.5 Å². The molecule has 0 atom stereocenters. The molecular weight excluding hydrogens is 651 g/mol. The van der Waals surface area contributed by atoms with Crippen LogP contribution in [0.1, 0.15) is 26.3 Å². The zero-order valence-corrected chi connectivity index (χ0v) is 30.3. The summed E-state index contributed by atoms with van der Waals surface area (Å²) in [6.45, 7) is 7.54. The van der Waals surface area contributed by atoms with Crippen LogP contribution in [0.25, 0.3) is 55.1 Å². The van der Waals surface area contributed by atoms with Gasteiger partial charge in [0.05, 0.1) is 40.1 Å². The van der Waals surface area contributed by atoms with Crippen molar-refractivity contribution in [2.45, 2.75) is 26.2 Å². The van der Waals surface area contributed by atoms with E-state index in [0.717, 1.165) is 68.2 Å². The van der Waals surface area contributed by atoms with Gasteiger partial charge >= 0.3 is 0 Å². The first-order chi connectivity index (χ1) is 25.8. The second-order valence-electron chi connectivity index (χ2n) is 15.1. The van der Waals surface area contributed by atoms with Gasteiger partial charge in [-0.3, -0.25) is 4.57 Å². The SMILES string of the molecule is CN1CN(c2cc(Oc3ccc4c5ccccc5n(-c5cc6c(cn5)c5ccccc5n6-c5ccccc5)c4c3)cc(C(C)(C)C)c2)c2ccccc21. The number of hydrogen-bond donors (Lipinski definition) is 0. The normalized spacial score (nSPS) is 13.1.